The van der Waals surface area contributed by atoms with Crippen molar-refractivity contribution in [2.45, 2.75) is 52.0 Å². The molecule has 88 valence electrons. The Bertz CT molecular complexity index is 195. The molecule has 0 radical (unpaired) electrons. The van der Waals surface area contributed by atoms with Gasteiger partial charge in [0, 0.05) is 19.1 Å². The van der Waals surface area contributed by atoms with Gasteiger partial charge in [0.2, 0.25) is 0 Å². The van der Waals surface area contributed by atoms with Gasteiger partial charge in [-0.25, -0.2) is 0 Å². The number of nitrogens with zero attached hydrogens (tertiary/aromatic N) is 1. The topological polar surface area (TPSA) is 15.3 Å². The molecule has 1 N–H and O–H groups in total. The van der Waals surface area contributed by atoms with Crippen molar-refractivity contribution in [3.63, 3.8) is 0 Å². The molecular weight excluding hydrogens is 184 g/mol. The molecule has 2 nitrogen and oxygen atoms in total. The summed E-state index contributed by atoms with van der Waals surface area (Å²) >= 11 is 0. The molecule has 0 aromatic heterocycles. The normalized spacial score (nSPS) is 31.2. The Morgan fingerprint density at radius 3 is 2.60 bits per heavy atom. The van der Waals surface area contributed by atoms with Gasteiger partial charge < -0.3 is 10.2 Å². The molecule has 2 aliphatic rings. The van der Waals surface area contributed by atoms with Gasteiger partial charge in [0.15, 0.2) is 0 Å². The maximum atomic E-state index is 3.72. The predicted molar refractivity (Wildman–Crippen MR) is 65.1 cm³/mol. The third kappa shape index (κ3) is 3.46. The molecule has 2 heteroatoms. The summed E-state index contributed by atoms with van der Waals surface area (Å²) in [5.74, 6) is 0. The van der Waals surface area contributed by atoms with Crippen LogP contribution in [0.1, 0.15) is 46.0 Å². The Balaban J connectivity index is 1.58. The van der Waals surface area contributed by atoms with E-state index in [4.69, 9.17) is 0 Å². The van der Waals surface area contributed by atoms with Crippen LogP contribution in [0.3, 0.4) is 0 Å². The van der Waals surface area contributed by atoms with Crippen LogP contribution in [0.25, 0.3) is 0 Å². The van der Waals surface area contributed by atoms with Crippen LogP contribution in [-0.4, -0.2) is 37.1 Å². The van der Waals surface area contributed by atoms with E-state index < -0.39 is 0 Å². The minimum Gasteiger partial charge on any atom is -0.313 e. The first-order chi connectivity index (χ1) is 7.16. The van der Waals surface area contributed by atoms with Crippen molar-refractivity contribution >= 4 is 0 Å². The van der Waals surface area contributed by atoms with Crippen molar-refractivity contribution in [1.82, 2.24) is 10.2 Å². The minimum absolute atomic E-state index is 0.589. The van der Waals surface area contributed by atoms with E-state index in [9.17, 15) is 0 Å². The average molecular weight is 210 g/mol. The molecule has 1 unspecified atom stereocenters. The first-order valence-electron chi connectivity index (χ1n) is 6.61. The van der Waals surface area contributed by atoms with Crippen LogP contribution >= 0.6 is 0 Å². The lowest BCUT2D eigenvalue weighted by Gasteiger charge is -2.20. The molecule has 1 saturated carbocycles. The smallest absolute Gasteiger partial charge is 0.0107 e. The van der Waals surface area contributed by atoms with Crippen LogP contribution in [0.5, 0.6) is 0 Å². The SMILES string of the molecule is CC1(C)CCC(NCCN2CCCC2)C1. The summed E-state index contributed by atoms with van der Waals surface area (Å²) in [6.07, 6.45) is 6.97. The Morgan fingerprint density at radius 2 is 2.00 bits per heavy atom. The molecule has 2 fully saturated rings. The van der Waals surface area contributed by atoms with Gasteiger partial charge in [-0.1, -0.05) is 13.8 Å². The summed E-state index contributed by atoms with van der Waals surface area (Å²) in [5.41, 5.74) is 0.589. The van der Waals surface area contributed by atoms with E-state index in [-0.39, 0.29) is 0 Å². The summed E-state index contributed by atoms with van der Waals surface area (Å²) < 4.78 is 0. The number of rotatable bonds is 4. The standard InChI is InChI=1S/C13H26N2/c1-13(2)6-5-12(11-13)14-7-10-15-8-3-4-9-15/h12,14H,3-11H2,1-2H3. The van der Waals surface area contributed by atoms with E-state index in [1.165, 1.54) is 58.3 Å². The molecule has 1 atom stereocenters. The number of hydrogen-bond acceptors (Lipinski definition) is 2. The molecule has 1 heterocycles. The third-order valence-corrected chi connectivity index (χ3v) is 4.03. The highest BCUT2D eigenvalue weighted by atomic mass is 15.2. The van der Waals surface area contributed by atoms with Crippen molar-refractivity contribution in [1.29, 1.82) is 0 Å². The minimum atomic E-state index is 0.589. The van der Waals surface area contributed by atoms with Crippen LogP contribution in [-0.2, 0) is 0 Å². The molecule has 1 saturated heterocycles. The zero-order chi connectivity index (χ0) is 10.7. The zero-order valence-electron chi connectivity index (χ0n) is 10.4. The summed E-state index contributed by atoms with van der Waals surface area (Å²) in [4.78, 5) is 2.59. The lowest BCUT2D eigenvalue weighted by atomic mass is 9.92. The average Bonchev–Trinajstić information content (AvgIpc) is 2.76. The fourth-order valence-corrected chi connectivity index (χ4v) is 3.04. The highest BCUT2D eigenvalue weighted by Crippen LogP contribution is 2.36. The molecule has 1 aliphatic heterocycles. The van der Waals surface area contributed by atoms with E-state index in [0.717, 1.165) is 6.04 Å². The van der Waals surface area contributed by atoms with Crippen LogP contribution in [0.2, 0.25) is 0 Å². The molecule has 0 aromatic rings. The maximum Gasteiger partial charge on any atom is 0.0107 e. The van der Waals surface area contributed by atoms with Gasteiger partial charge in [-0.05, 0) is 50.6 Å². The molecular formula is C13H26N2. The van der Waals surface area contributed by atoms with Crippen molar-refractivity contribution in [2.24, 2.45) is 5.41 Å². The van der Waals surface area contributed by atoms with Gasteiger partial charge in [-0.3, -0.25) is 0 Å². The monoisotopic (exact) mass is 210 g/mol. The molecule has 0 amide bonds. The largest absolute Gasteiger partial charge is 0.313 e. The van der Waals surface area contributed by atoms with Crippen molar-refractivity contribution < 1.29 is 0 Å². The molecule has 0 spiro atoms. The van der Waals surface area contributed by atoms with Gasteiger partial charge in [0.05, 0.1) is 0 Å². The lowest BCUT2D eigenvalue weighted by Crippen LogP contribution is -2.35. The Hall–Kier alpha value is -0.0800. The van der Waals surface area contributed by atoms with Crippen molar-refractivity contribution in [3.05, 3.63) is 0 Å². The van der Waals surface area contributed by atoms with Crippen LogP contribution in [0.15, 0.2) is 0 Å². The summed E-state index contributed by atoms with van der Waals surface area (Å²) in [7, 11) is 0. The zero-order valence-corrected chi connectivity index (χ0v) is 10.4. The summed E-state index contributed by atoms with van der Waals surface area (Å²) in [6, 6.07) is 0.794. The summed E-state index contributed by atoms with van der Waals surface area (Å²) in [6.45, 7) is 9.91. The highest BCUT2D eigenvalue weighted by Gasteiger charge is 2.30. The van der Waals surface area contributed by atoms with Crippen molar-refractivity contribution in [3.8, 4) is 0 Å². The second kappa shape index (κ2) is 4.84. The number of hydrogen-bond donors (Lipinski definition) is 1. The molecule has 2 rings (SSSR count). The first-order valence-corrected chi connectivity index (χ1v) is 6.61. The van der Waals surface area contributed by atoms with Crippen molar-refractivity contribution in [2.75, 3.05) is 26.2 Å². The maximum absolute atomic E-state index is 3.72. The van der Waals surface area contributed by atoms with Crippen LogP contribution in [0, 0.1) is 5.41 Å². The van der Waals surface area contributed by atoms with Crippen LogP contribution in [0.4, 0.5) is 0 Å². The van der Waals surface area contributed by atoms with Gasteiger partial charge >= 0.3 is 0 Å². The summed E-state index contributed by atoms with van der Waals surface area (Å²) in [5, 5.41) is 3.72. The highest BCUT2D eigenvalue weighted by molar-refractivity contribution is 4.86. The quantitative estimate of drug-likeness (QED) is 0.765. The second-order valence-electron chi connectivity index (χ2n) is 6.11. The molecule has 15 heavy (non-hydrogen) atoms. The fraction of sp³-hybridized carbons (Fsp3) is 1.00. The Morgan fingerprint density at radius 1 is 1.27 bits per heavy atom. The van der Waals surface area contributed by atoms with E-state index >= 15 is 0 Å². The second-order valence-corrected chi connectivity index (χ2v) is 6.11. The Labute approximate surface area is 94.4 Å². The molecule has 0 aromatic carbocycles. The fourth-order valence-electron chi connectivity index (χ4n) is 3.04. The van der Waals surface area contributed by atoms with E-state index in [1.54, 1.807) is 0 Å². The van der Waals surface area contributed by atoms with E-state index in [1.807, 2.05) is 0 Å². The first kappa shape index (κ1) is 11.4. The van der Waals surface area contributed by atoms with Gasteiger partial charge in [0.25, 0.3) is 0 Å². The van der Waals surface area contributed by atoms with E-state index in [2.05, 4.69) is 24.1 Å². The molecule has 1 aliphatic carbocycles. The van der Waals surface area contributed by atoms with Gasteiger partial charge in [-0.2, -0.15) is 0 Å². The van der Waals surface area contributed by atoms with E-state index in [0.29, 0.717) is 5.41 Å². The number of likely N-dealkylation sites (tertiary alicyclic amines) is 1. The van der Waals surface area contributed by atoms with Gasteiger partial charge in [0.1, 0.15) is 0 Å². The predicted octanol–water partition coefficient (Wildman–Crippen LogP) is 2.25. The third-order valence-electron chi connectivity index (χ3n) is 4.03. The lowest BCUT2D eigenvalue weighted by molar-refractivity contribution is 0.319. The Kier molecular flexibility index (Phi) is 3.68. The van der Waals surface area contributed by atoms with Crippen LogP contribution < -0.4 is 5.32 Å². The number of nitrogens with one attached hydrogen (secondary N) is 1. The van der Waals surface area contributed by atoms with Gasteiger partial charge in [-0.15, -0.1) is 0 Å². The molecule has 0 bridgehead atoms.